The summed E-state index contributed by atoms with van der Waals surface area (Å²) in [6.07, 6.45) is 3.60. The fourth-order valence-corrected chi connectivity index (χ4v) is 4.44. The third kappa shape index (κ3) is 4.44. The highest BCUT2D eigenvalue weighted by Crippen LogP contribution is 2.26. The lowest BCUT2D eigenvalue weighted by atomic mass is 10.1. The first kappa shape index (κ1) is 21.0. The average molecular weight is 436 g/mol. The maximum atomic E-state index is 12.9. The Morgan fingerprint density at radius 3 is 2.65 bits per heavy atom. The lowest BCUT2D eigenvalue weighted by Gasteiger charge is -2.19. The van der Waals surface area contributed by atoms with E-state index in [2.05, 4.69) is 27.9 Å². The molecule has 8 heteroatoms. The molecule has 0 saturated carbocycles. The molecule has 0 radical (unpaired) electrons. The summed E-state index contributed by atoms with van der Waals surface area (Å²) >= 11 is 1.44. The lowest BCUT2D eigenvalue weighted by molar-refractivity contribution is -0.119. The van der Waals surface area contributed by atoms with Crippen molar-refractivity contribution in [2.24, 2.45) is 7.05 Å². The van der Waals surface area contributed by atoms with Crippen molar-refractivity contribution in [3.05, 3.63) is 72.3 Å². The number of nitrogens with one attached hydrogen (secondary N) is 1. The molecular weight excluding hydrogens is 410 g/mol. The molecule has 31 heavy (non-hydrogen) atoms. The van der Waals surface area contributed by atoms with Crippen molar-refractivity contribution in [3.63, 3.8) is 0 Å². The van der Waals surface area contributed by atoms with Gasteiger partial charge in [0.05, 0.1) is 23.9 Å². The zero-order valence-electron chi connectivity index (χ0n) is 17.8. The largest absolute Gasteiger partial charge is 0.497 e. The molecule has 0 bridgehead atoms. The second-order valence-electron chi connectivity index (χ2n) is 7.09. The van der Waals surface area contributed by atoms with Crippen molar-refractivity contribution >= 4 is 28.7 Å². The van der Waals surface area contributed by atoms with Gasteiger partial charge in [-0.2, -0.15) is 0 Å². The van der Waals surface area contributed by atoms with Gasteiger partial charge < -0.3 is 19.2 Å². The number of hydrogen-bond donors (Lipinski definition) is 1. The van der Waals surface area contributed by atoms with E-state index in [1.165, 1.54) is 11.8 Å². The Bertz CT molecular complexity index is 1180. The van der Waals surface area contributed by atoms with E-state index < -0.39 is 0 Å². The number of rotatable bonds is 8. The van der Waals surface area contributed by atoms with Crippen LogP contribution in [0.1, 0.15) is 24.4 Å². The first-order valence-electron chi connectivity index (χ1n) is 10.1. The summed E-state index contributed by atoms with van der Waals surface area (Å²) in [5.41, 5.74) is 2.96. The number of carbonyl (C=O) groups excluding carboxylic acids is 1. The molecule has 1 atom stereocenters. The number of fused-ring (bicyclic) bond motifs is 1. The number of aryl methyl sites for hydroxylation is 2. The molecule has 0 aliphatic carbocycles. The van der Waals surface area contributed by atoms with Gasteiger partial charge in [0.2, 0.25) is 5.91 Å². The molecule has 4 aromatic rings. The monoisotopic (exact) mass is 435 g/mol. The number of aromatic nitrogens is 4. The van der Waals surface area contributed by atoms with Crippen molar-refractivity contribution < 1.29 is 9.53 Å². The van der Waals surface area contributed by atoms with E-state index in [1.54, 1.807) is 13.3 Å². The van der Waals surface area contributed by atoms with Crippen LogP contribution in [-0.2, 0) is 18.4 Å². The molecule has 160 valence electrons. The van der Waals surface area contributed by atoms with E-state index in [0.717, 1.165) is 39.9 Å². The Labute approximate surface area is 185 Å². The molecule has 2 aromatic carbocycles. The summed E-state index contributed by atoms with van der Waals surface area (Å²) in [6, 6.07) is 15.3. The molecule has 2 aromatic heterocycles. The molecule has 7 nitrogen and oxygen atoms in total. The summed E-state index contributed by atoms with van der Waals surface area (Å²) in [6.45, 7) is 2.88. The molecule has 4 rings (SSSR count). The van der Waals surface area contributed by atoms with Crippen molar-refractivity contribution in [2.45, 2.75) is 24.7 Å². The minimum Gasteiger partial charge on any atom is -0.497 e. The van der Waals surface area contributed by atoms with E-state index in [1.807, 2.05) is 60.3 Å². The molecule has 0 fully saturated rings. The van der Waals surface area contributed by atoms with Gasteiger partial charge in [0.1, 0.15) is 17.6 Å². The molecule has 1 N–H and O–H groups in total. The van der Waals surface area contributed by atoms with Gasteiger partial charge in [-0.3, -0.25) is 4.79 Å². The SMILES string of the molecule is CCn1c(SCC(=O)NC(c2ccc(OC)cc2)c2nccn2C)nc2ccccc21. The van der Waals surface area contributed by atoms with Crippen LogP contribution >= 0.6 is 11.8 Å². The summed E-state index contributed by atoms with van der Waals surface area (Å²) in [5.74, 6) is 1.72. The van der Waals surface area contributed by atoms with Gasteiger partial charge in [-0.15, -0.1) is 0 Å². The Hall–Kier alpha value is -3.26. The third-order valence-corrected chi connectivity index (χ3v) is 6.12. The Morgan fingerprint density at radius 1 is 1.19 bits per heavy atom. The van der Waals surface area contributed by atoms with Gasteiger partial charge in [0.15, 0.2) is 5.16 Å². The smallest absolute Gasteiger partial charge is 0.231 e. The number of carbonyl (C=O) groups is 1. The number of para-hydroxylation sites is 2. The summed E-state index contributed by atoms with van der Waals surface area (Å²) < 4.78 is 9.31. The van der Waals surface area contributed by atoms with Crippen LogP contribution in [0, 0.1) is 0 Å². The Kier molecular flexibility index (Phi) is 6.27. The maximum Gasteiger partial charge on any atom is 0.231 e. The number of imidazole rings is 2. The number of thioether (sulfide) groups is 1. The number of ether oxygens (including phenoxy) is 1. The first-order chi connectivity index (χ1) is 15.1. The summed E-state index contributed by atoms with van der Waals surface area (Å²) in [4.78, 5) is 22.1. The van der Waals surface area contributed by atoms with Crippen LogP contribution in [0.5, 0.6) is 5.75 Å². The molecule has 1 amide bonds. The van der Waals surface area contributed by atoms with Crippen LogP contribution in [0.2, 0.25) is 0 Å². The van der Waals surface area contributed by atoms with Gasteiger partial charge in [-0.05, 0) is 36.8 Å². The summed E-state index contributed by atoms with van der Waals surface area (Å²) in [5, 5.41) is 3.98. The minimum atomic E-state index is -0.357. The normalized spacial score (nSPS) is 12.1. The second kappa shape index (κ2) is 9.26. The van der Waals surface area contributed by atoms with E-state index in [0.29, 0.717) is 0 Å². The van der Waals surface area contributed by atoms with Crippen molar-refractivity contribution in [1.29, 1.82) is 0 Å². The second-order valence-corrected chi connectivity index (χ2v) is 8.03. The van der Waals surface area contributed by atoms with Gasteiger partial charge in [-0.25, -0.2) is 9.97 Å². The highest BCUT2D eigenvalue weighted by molar-refractivity contribution is 7.99. The van der Waals surface area contributed by atoms with Gasteiger partial charge in [0, 0.05) is 26.0 Å². The zero-order valence-corrected chi connectivity index (χ0v) is 18.6. The van der Waals surface area contributed by atoms with E-state index in [-0.39, 0.29) is 17.7 Å². The molecule has 0 aliphatic heterocycles. The van der Waals surface area contributed by atoms with Crippen LogP contribution in [0.3, 0.4) is 0 Å². The molecule has 2 heterocycles. The van der Waals surface area contributed by atoms with Crippen molar-refractivity contribution in [3.8, 4) is 5.75 Å². The van der Waals surface area contributed by atoms with Crippen molar-refractivity contribution in [1.82, 2.24) is 24.4 Å². The van der Waals surface area contributed by atoms with Crippen LogP contribution in [-0.4, -0.2) is 37.9 Å². The fraction of sp³-hybridized carbons (Fsp3) is 0.261. The van der Waals surface area contributed by atoms with Gasteiger partial charge in [-0.1, -0.05) is 36.0 Å². The van der Waals surface area contributed by atoms with E-state index >= 15 is 0 Å². The van der Waals surface area contributed by atoms with Crippen LogP contribution < -0.4 is 10.1 Å². The van der Waals surface area contributed by atoms with E-state index in [4.69, 9.17) is 9.72 Å². The number of methoxy groups -OCH3 is 1. The van der Waals surface area contributed by atoms with Crippen LogP contribution in [0.4, 0.5) is 0 Å². The minimum absolute atomic E-state index is 0.0801. The standard InChI is InChI=1S/C23H25N5O2S/c1-4-28-19-8-6-5-7-18(19)25-23(28)31-15-20(29)26-21(22-24-13-14-27(22)2)16-9-11-17(30-3)12-10-16/h5-14,21H,4,15H2,1-3H3,(H,26,29). The highest BCUT2D eigenvalue weighted by Gasteiger charge is 2.21. The zero-order chi connectivity index (χ0) is 21.8. The van der Waals surface area contributed by atoms with Gasteiger partial charge >= 0.3 is 0 Å². The van der Waals surface area contributed by atoms with Crippen LogP contribution in [0.15, 0.2) is 66.1 Å². The number of nitrogens with zero attached hydrogens (tertiary/aromatic N) is 4. The van der Waals surface area contributed by atoms with Crippen molar-refractivity contribution in [2.75, 3.05) is 12.9 Å². The van der Waals surface area contributed by atoms with E-state index in [9.17, 15) is 4.79 Å². The van der Waals surface area contributed by atoms with Crippen LogP contribution in [0.25, 0.3) is 11.0 Å². The number of hydrogen-bond acceptors (Lipinski definition) is 5. The number of amides is 1. The predicted molar refractivity (Wildman–Crippen MR) is 122 cm³/mol. The Morgan fingerprint density at radius 2 is 1.97 bits per heavy atom. The fourth-order valence-electron chi connectivity index (χ4n) is 3.55. The lowest BCUT2D eigenvalue weighted by Crippen LogP contribution is -2.32. The highest BCUT2D eigenvalue weighted by atomic mass is 32.2. The number of benzene rings is 2. The van der Waals surface area contributed by atoms with Gasteiger partial charge in [0.25, 0.3) is 0 Å². The molecular formula is C23H25N5O2S. The first-order valence-corrected chi connectivity index (χ1v) is 11.1. The Balaban J connectivity index is 1.52. The molecule has 0 saturated heterocycles. The molecule has 1 unspecified atom stereocenters. The average Bonchev–Trinajstić information content (AvgIpc) is 3.38. The maximum absolute atomic E-state index is 12.9. The summed E-state index contributed by atoms with van der Waals surface area (Å²) in [7, 11) is 3.55. The predicted octanol–water partition coefficient (Wildman–Crippen LogP) is 3.80. The molecule has 0 aliphatic rings. The molecule has 0 spiro atoms. The third-order valence-electron chi connectivity index (χ3n) is 5.14. The topological polar surface area (TPSA) is 74.0 Å². The quantitative estimate of drug-likeness (QED) is 0.426.